The van der Waals surface area contributed by atoms with Gasteiger partial charge in [0.15, 0.2) is 17.0 Å². The number of imidazole rings is 1. The average Bonchev–Trinajstić information content (AvgIpc) is 3.32. The Balaban J connectivity index is 1.50. The Morgan fingerprint density at radius 2 is 1.94 bits per heavy atom. The van der Waals surface area contributed by atoms with Gasteiger partial charge in [-0.1, -0.05) is 13.8 Å². The van der Waals surface area contributed by atoms with E-state index in [1.54, 1.807) is 6.33 Å². The molecule has 0 amide bonds. The zero-order valence-corrected chi connectivity index (χ0v) is 19.3. The SMILES string of the molecule is CCn1c(-c2cnc(C)nc2)nc2c(N[C@H]3CCc4c(c(C(C)C)nn4C)C3)ncnc21. The van der Waals surface area contributed by atoms with Crippen LogP contribution >= 0.6 is 0 Å². The minimum absolute atomic E-state index is 0.278. The molecule has 9 nitrogen and oxygen atoms in total. The van der Waals surface area contributed by atoms with Crippen molar-refractivity contribution in [2.24, 2.45) is 7.05 Å². The first-order valence-electron chi connectivity index (χ1n) is 11.3. The minimum atomic E-state index is 0.278. The smallest absolute Gasteiger partial charge is 0.165 e. The summed E-state index contributed by atoms with van der Waals surface area (Å²) in [6.07, 6.45) is 8.22. The Kier molecular flexibility index (Phi) is 5.11. The first-order chi connectivity index (χ1) is 15.5. The highest BCUT2D eigenvalue weighted by Crippen LogP contribution is 2.31. The van der Waals surface area contributed by atoms with Crippen molar-refractivity contribution in [2.45, 2.75) is 65.5 Å². The van der Waals surface area contributed by atoms with E-state index in [-0.39, 0.29) is 6.04 Å². The van der Waals surface area contributed by atoms with Gasteiger partial charge in [-0.3, -0.25) is 4.68 Å². The normalized spacial score (nSPS) is 16.0. The van der Waals surface area contributed by atoms with E-state index in [1.807, 2.05) is 19.3 Å². The summed E-state index contributed by atoms with van der Waals surface area (Å²) >= 11 is 0. The molecule has 0 radical (unpaired) electrons. The van der Waals surface area contributed by atoms with Gasteiger partial charge in [-0.15, -0.1) is 0 Å². The lowest BCUT2D eigenvalue weighted by Gasteiger charge is -2.25. The van der Waals surface area contributed by atoms with Gasteiger partial charge in [-0.2, -0.15) is 5.10 Å². The van der Waals surface area contributed by atoms with E-state index in [0.29, 0.717) is 5.92 Å². The Morgan fingerprint density at radius 1 is 1.16 bits per heavy atom. The standard InChI is InChI=1S/C23H29N9/c1-6-32-22(15-10-24-14(4)25-11-15)29-20-21(26-12-27-23(20)32)28-16-7-8-18-17(9-16)19(13(2)3)30-31(18)5/h10-13,16H,6-9H2,1-5H3,(H,26,27,28)/t16-/m0/s1. The quantitative estimate of drug-likeness (QED) is 0.517. The van der Waals surface area contributed by atoms with E-state index in [0.717, 1.165) is 60.0 Å². The molecule has 0 fully saturated rings. The van der Waals surface area contributed by atoms with Crippen LogP contribution < -0.4 is 5.32 Å². The third kappa shape index (κ3) is 3.41. The molecule has 0 spiro atoms. The summed E-state index contributed by atoms with van der Waals surface area (Å²) in [5, 5.41) is 8.45. The van der Waals surface area contributed by atoms with Gasteiger partial charge < -0.3 is 9.88 Å². The lowest BCUT2D eigenvalue weighted by atomic mass is 9.89. The Morgan fingerprint density at radius 3 is 2.66 bits per heavy atom. The number of nitrogens with one attached hydrogen (secondary N) is 1. The van der Waals surface area contributed by atoms with Gasteiger partial charge in [-0.25, -0.2) is 24.9 Å². The van der Waals surface area contributed by atoms with Crippen molar-refractivity contribution in [3.63, 3.8) is 0 Å². The molecule has 32 heavy (non-hydrogen) atoms. The van der Waals surface area contributed by atoms with Crippen LogP contribution in [0.1, 0.15) is 55.9 Å². The number of hydrogen-bond donors (Lipinski definition) is 1. The van der Waals surface area contributed by atoms with Crippen LogP contribution in [0.5, 0.6) is 0 Å². The van der Waals surface area contributed by atoms with Crippen LogP contribution in [0.25, 0.3) is 22.6 Å². The van der Waals surface area contributed by atoms with Crippen LogP contribution in [-0.2, 0) is 26.4 Å². The van der Waals surface area contributed by atoms with Gasteiger partial charge in [0, 0.05) is 37.7 Å². The predicted molar refractivity (Wildman–Crippen MR) is 123 cm³/mol. The van der Waals surface area contributed by atoms with Crippen LogP contribution in [0.3, 0.4) is 0 Å². The van der Waals surface area contributed by atoms with Crippen molar-refractivity contribution < 1.29 is 0 Å². The molecule has 0 saturated heterocycles. The number of aryl methyl sites for hydroxylation is 3. The first-order valence-corrected chi connectivity index (χ1v) is 11.3. The highest BCUT2D eigenvalue weighted by Gasteiger charge is 2.27. The van der Waals surface area contributed by atoms with E-state index in [9.17, 15) is 0 Å². The van der Waals surface area contributed by atoms with Gasteiger partial charge in [-0.05, 0) is 44.6 Å². The summed E-state index contributed by atoms with van der Waals surface area (Å²) in [4.78, 5) is 22.7. The second-order valence-electron chi connectivity index (χ2n) is 8.77. The molecule has 1 N–H and O–H groups in total. The van der Waals surface area contributed by atoms with Gasteiger partial charge in [0.1, 0.15) is 18.0 Å². The number of hydrogen-bond acceptors (Lipinski definition) is 7. The van der Waals surface area contributed by atoms with E-state index < -0.39 is 0 Å². The van der Waals surface area contributed by atoms with Crippen molar-refractivity contribution in [1.82, 2.24) is 39.3 Å². The number of aromatic nitrogens is 8. The third-order valence-electron chi connectivity index (χ3n) is 6.26. The summed E-state index contributed by atoms with van der Waals surface area (Å²) in [5.74, 6) is 2.74. The molecule has 1 atom stereocenters. The number of nitrogens with zero attached hydrogens (tertiary/aromatic N) is 8. The van der Waals surface area contributed by atoms with Gasteiger partial charge in [0.25, 0.3) is 0 Å². The molecule has 4 aromatic heterocycles. The van der Waals surface area contributed by atoms with E-state index in [2.05, 4.69) is 62.3 Å². The van der Waals surface area contributed by atoms with Crippen LogP contribution in [-0.4, -0.2) is 45.3 Å². The van der Waals surface area contributed by atoms with Crippen molar-refractivity contribution in [1.29, 1.82) is 0 Å². The van der Waals surface area contributed by atoms with Crippen LogP contribution in [0.15, 0.2) is 18.7 Å². The lowest BCUT2D eigenvalue weighted by molar-refractivity contribution is 0.577. The highest BCUT2D eigenvalue weighted by molar-refractivity contribution is 5.86. The molecule has 4 heterocycles. The molecule has 166 valence electrons. The first kappa shape index (κ1) is 20.5. The fraction of sp³-hybridized carbons (Fsp3) is 0.478. The summed E-state index contributed by atoms with van der Waals surface area (Å²) < 4.78 is 4.15. The Labute approximate surface area is 187 Å². The van der Waals surface area contributed by atoms with E-state index in [1.165, 1.54) is 17.0 Å². The van der Waals surface area contributed by atoms with Gasteiger partial charge in [0.05, 0.1) is 11.3 Å². The third-order valence-corrected chi connectivity index (χ3v) is 6.26. The van der Waals surface area contributed by atoms with Crippen LogP contribution in [0.2, 0.25) is 0 Å². The molecule has 0 saturated carbocycles. The molecule has 5 rings (SSSR count). The Hall–Kier alpha value is -3.36. The summed E-state index contributed by atoms with van der Waals surface area (Å²) in [6.45, 7) is 9.13. The van der Waals surface area contributed by atoms with Crippen molar-refractivity contribution >= 4 is 17.0 Å². The minimum Gasteiger partial charge on any atom is -0.365 e. The number of anilines is 1. The second kappa shape index (κ2) is 7.96. The molecular weight excluding hydrogens is 402 g/mol. The summed E-state index contributed by atoms with van der Waals surface area (Å²) in [6, 6.07) is 0.278. The molecule has 1 aliphatic rings. The summed E-state index contributed by atoms with van der Waals surface area (Å²) in [7, 11) is 2.06. The fourth-order valence-electron chi connectivity index (χ4n) is 4.67. The maximum Gasteiger partial charge on any atom is 0.165 e. The molecule has 0 aromatic carbocycles. The maximum atomic E-state index is 4.92. The predicted octanol–water partition coefficient (Wildman–Crippen LogP) is 3.44. The number of rotatable bonds is 5. The van der Waals surface area contributed by atoms with Crippen LogP contribution in [0.4, 0.5) is 5.82 Å². The zero-order valence-electron chi connectivity index (χ0n) is 19.3. The van der Waals surface area contributed by atoms with Gasteiger partial charge in [0.2, 0.25) is 0 Å². The molecular formula is C23H29N9. The molecule has 0 bridgehead atoms. The van der Waals surface area contributed by atoms with Crippen molar-refractivity contribution in [3.05, 3.63) is 41.5 Å². The van der Waals surface area contributed by atoms with E-state index in [4.69, 9.17) is 10.1 Å². The Bertz CT molecular complexity index is 1270. The topological polar surface area (TPSA) is 99.2 Å². The van der Waals surface area contributed by atoms with E-state index >= 15 is 0 Å². The average molecular weight is 432 g/mol. The number of fused-ring (bicyclic) bond motifs is 2. The van der Waals surface area contributed by atoms with Crippen molar-refractivity contribution in [2.75, 3.05) is 5.32 Å². The molecule has 9 heteroatoms. The zero-order chi connectivity index (χ0) is 22.4. The maximum absolute atomic E-state index is 4.92. The van der Waals surface area contributed by atoms with Crippen LogP contribution in [0, 0.1) is 6.92 Å². The molecule has 0 aliphatic heterocycles. The monoisotopic (exact) mass is 431 g/mol. The molecule has 1 aliphatic carbocycles. The largest absolute Gasteiger partial charge is 0.365 e. The lowest BCUT2D eigenvalue weighted by Crippen LogP contribution is -2.28. The summed E-state index contributed by atoms with van der Waals surface area (Å²) in [5.41, 5.74) is 6.43. The molecule has 0 unspecified atom stereocenters. The molecule has 4 aromatic rings. The van der Waals surface area contributed by atoms with Crippen molar-refractivity contribution in [3.8, 4) is 11.4 Å². The fourth-order valence-corrected chi connectivity index (χ4v) is 4.67. The van der Waals surface area contributed by atoms with Gasteiger partial charge >= 0.3 is 0 Å². The second-order valence-corrected chi connectivity index (χ2v) is 8.77. The highest BCUT2D eigenvalue weighted by atomic mass is 15.3.